The maximum atomic E-state index is 10.1. The summed E-state index contributed by atoms with van der Waals surface area (Å²) in [5.41, 5.74) is 0. The number of hydrogen-bond donors (Lipinski definition) is 1. The lowest BCUT2D eigenvalue weighted by atomic mass is 10.2. The van der Waals surface area contributed by atoms with Crippen molar-refractivity contribution in [2.45, 2.75) is 13.0 Å². The van der Waals surface area contributed by atoms with Gasteiger partial charge in [0.1, 0.15) is 6.10 Å². The monoisotopic (exact) mass is 274 g/mol. The Morgan fingerprint density at radius 3 is 2.47 bits per heavy atom. The Hall–Kier alpha value is -0.130. The summed E-state index contributed by atoms with van der Waals surface area (Å²) in [5.74, 6) is 0. The molecule has 1 N–H and O–H groups in total. The molecule has 2 heterocycles. The van der Waals surface area contributed by atoms with Gasteiger partial charge in [-0.05, 0) is 18.7 Å². The van der Waals surface area contributed by atoms with Crippen molar-refractivity contribution in [2.75, 3.05) is 39.3 Å². The number of likely N-dealkylation sites (N-methyl/N-ethyl adjacent to an activating group) is 1. The van der Waals surface area contributed by atoms with Gasteiger partial charge in [-0.2, -0.15) is 0 Å². The Balaban J connectivity index is 1.81. The number of aliphatic hydroxyl groups is 1. The molecule has 1 aliphatic rings. The lowest BCUT2D eigenvalue weighted by Crippen LogP contribution is -2.47. The average molecular weight is 275 g/mol. The summed E-state index contributed by atoms with van der Waals surface area (Å²) in [7, 11) is 0. The zero-order valence-electron chi connectivity index (χ0n) is 10.1. The van der Waals surface area contributed by atoms with E-state index in [9.17, 15) is 5.11 Å². The molecule has 5 heteroatoms. The van der Waals surface area contributed by atoms with Gasteiger partial charge in [0.25, 0.3) is 0 Å². The molecule has 3 nitrogen and oxygen atoms in total. The quantitative estimate of drug-likeness (QED) is 0.911. The van der Waals surface area contributed by atoms with Gasteiger partial charge >= 0.3 is 0 Å². The Morgan fingerprint density at radius 2 is 1.94 bits per heavy atom. The van der Waals surface area contributed by atoms with Crippen LogP contribution in [0.3, 0.4) is 0 Å². The molecule has 0 amide bonds. The average Bonchev–Trinajstić information content (AvgIpc) is 2.77. The molecule has 1 unspecified atom stereocenters. The van der Waals surface area contributed by atoms with Gasteiger partial charge in [0, 0.05) is 37.6 Å². The van der Waals surface area contributed by atoms with Gasteiger partial charge in [-0.25, -0.2) is 0 Å². The minimum atomic E-state index is -0.402. The van der Waals surface area contributed by atoms with Gasteiger partial charge in [-0.1, -0.05) is 18.5 Å². The highest BCUT2D eigenvalue weighted by molar-refractivity contribution is 7.16. The molecule has 0 aliphatic carbocycles. The molecule has 17 heavy (non-hydrogen) atoms. The third-order valence-electron chi connectivity index (χ3n) is 3.27. The van der Waals surface area contributed by atoms with E-state index < -0.39 is 6.10 Å². The minimum Gasteiger partial charge on any atom is -0.386 e. The number of nitrogens with zero attached hydrogens (tertiary/aromatic N) is 2. The Kier molecular flexibility index (Phi) is 4.82. The first-order chi connectivity index (χ1) is 8.19. The first kappa shape index (κ1) is 13.3. The fourth-order valence-corrected chi connectivity index (χ4v) is 3.17. The van der Waals surface area contributed by atoms with Crippen LogP contribution in [0, 0.1) is 0 Å². The lowest BCUT2D eigenvalue weighted by molar-refractivity contribution is 0.0760. The molecule has 0 aromatic carbocycles. The molecule has 0 radical (unpaired) electrons. The van der Waals surface area contributed by atoms with E-state index in [1.165, 1.54) is 11.3 Å². The summed E-state index contributed by atoms with van der Waals surface area (Å²) in [6.07, 6.45) is -0.402. The van der Waals surface area contributed by atoms with Gasteiger partial charge in [0.2, 0.25) is 0 Å². The molecule has 1 aromatic rings. The van der Waals surface area contributed by atoms with Crippen molar-refractivity contribution < 1.29 is 5.11 Å². The van der Waals surface area contributed by atoms with E-state index in [0.717, 1.165) is 41.9 Å². The highest BCUT2D eigenvalue weighted by atomic mass is 35.5. The summed E-state index contributed by atoms with van der Waals surface area (Å²) < 4.78 is 0.745. The summed E-state index contributed by atoms with van der Waals surface area (Å²) in [4.78, 5) is 5.72. The first-order valence-electron chi connectivity index (χ1n) is 6.07. The number of β-amino-alcohol motifs (C(OH)–C–C–N with tert-alkyl or cyclic N) is 1. The lowest BCUT2D eigenvalue weighted by Gasteiger charge is -2.34. The van der Waals surface area contributed by atoms with Crippen LogP contribution in [-0.2, 0) is 0 Å². The molecule has 1 atom stereocenters. The molecule has 1 aliphatic heterocycles. The number of aliphatic hydroxyl groups excluding tert-OH is 1. The van der Waals surface area contributed by atoms with Gasteiger partial charge in [0.15, 0.2) is 0 Å². The molecular weight excluding hydrogens is 256 g/mol. The van der Waals surface area contributed by atoms with Crippen molar-refractivity contribution in [3.63, 3.8) is 0 Å². The zero-order chi connectivity index (χ0) is 12.3. The number of rotatable bonds is 4. The second-order valence-electron chi connectivity index (χ2n) is 4.39. The number of thiophene rings is 1. The fraction of sp³-hybridized carbons (Fsp3) is 0.667. The van der Waals surface area contributed by atoms with Crippen molar-refractivity contribution in [1.82, 2.24) is 9.80 Å². The van der Waals surface area contributed by atoms with E-state index in [4.69, 9.17) is 11.6 Å². The molecule has 1 fully saturated rings. The minimum absolute atomic E-state index is 0.402. The number of halogens is 1. The van der Waals surface area contributed by atoms with Crippen LogP contribution in [0.4, 0.5) is 0 Å². The highest BCUT2D eigenvalue weighted by Gasteiger charge is 2.19. The normalized spacial score (nSPS) is 20.6. The Bertz CT molecular complexity index is 350. The summed E-state index contributed by atoms with van der Waals surface area (Å²) in [6, 6.07) is 3.76. The predicted molar refractivity (Wildman–Crippen MR) is 72.8 cm³/mol. The van der Waals surface area contributed by atoms with Gasteiger partial charge in [-0.3, -0.25) is 4.90 Å². The first-order valence-corrected chi connectivity index (χ1v) is 7.26. The van der Waals surface area contributed by atoms with Crippen LogP contribution in [0.5, 0.6) is 0 Å². The standard InChI is InChI=1S/C12H19ClN2OS/c1-2-14-5-7-15(8-6-14)9-10(16)11-3-4-12(13)17-11/h3-4,10,16H,2,5-9H2,1H3. The number of hydrogen-bond acceptors (Lipinski definition) is 4. The van der Waals surface area contributed by atoms with Crippen molar-refractivity contribution in [3.05, 3.63) is 21.3 Å². The smallest absolute Gasteiger partial charge is 0.101 e. The SMILES string of the molecule is CCN1CCN(CC(O)c2ccc(Cl)s2)CC1. The second kappa shape index (κ2) is 6.16. The molecule has 1 aromatic heterocycles. The van der Waals surface area contributed by atoms with E-state index in [0.29, 0.717) is 6.54 Å². The molecule has 0 saturated carbocycles. The van der Waals surface area contributed by atoms with Crippen molar-refractivity contribution in [3.8, 4) is 0 Å². The van der Waals surface area contributed by atoms with Gasteiger partial charge in [0.05, 0.1) is 4.34 Å². The Morgan fingerprint density at radius 1 is 1.29 bits per heavy atom. The molecule has 2 rings (SSSR count). The van der Waals surface area contributed by atoms with Crippen molar-refractivity contribution in [1.29, 1.82) is 0 Å². The van der Waals surface area contributed by atoms with Gasteiger partial charge < -0.3 is 10.0 Å². The highest BCUT2D eigenvalue weighted by Crippen LogP contribution is 2.27. The topological polar surface area (TPSA) is 26.7 Å². The van der Waals surface area contributed by atoms with Crippen molar-refractivity contribution >= 4 is 22.9 Å². The second-order valence-corrected chi connectivity index (χ2v) is 6.14. The molecule has 96 valence electrons. The van der Waals surface area contributed by atoms with Crippen LogP contribution in [0.15, 0.2) is 12.1 Å². The van der Waals surface area contributed by atoms with Crippen LogP contribution in [0.2, 0.25) is 4.34 Å². The Labute approximate surface area is 112 Å². The van der Waals surface area contributed by atoms with E-state index in [1.54, 1.807) is 0 Å². The predicted octanol–water partition coefficient (Wildman–Crippen LogP) is 2.07. The van der Waals surface area contributed by atoms with E-state index in [-0.39, 0.29) is 0 Å². The van der Waals surface area contributed by atoms with E-state index in [2.05, 4.69) is 16.7 Å². The van der Waals surface area contributed by atoms with Crippen molar-refractivity contribution in [2.24, 2.45) is 0 Å². The van der Waals surface area contributed by atoms with Crippen LogP contribution in [0.25, 0.3) is 0 Å². The zero-order valence-corrected chi connectivity index (χ0v) is 11.7. The van der Waals surface area contributed by atoms with Crippen LogP contribution < -0.4 is 0 Å². The molecule has 1 saturated heterocycles. The summed E-state index contributed by atoms with van der Waals surface area (Å²) in [6.45, 7) is 8.33. The molecule has 0 bridgehead atoms. The maximum Gasteiger partial charge on any atom is 0.101 e. The largest absolute Gasteiger partial charge is 0.386 e. The maximum absolute atomic E-state index is 10.1. The molecule has 0 spiro atoms. The van der Waals surface area contributed by atoms with Gasteiger partial charge in [-0.15, -0.1) is 11.3 Å². The molecular formula is C12H19ClN2OS. The van der Waals surface area contributed by atoms with Crippen LogP contribution >= 0.6 is 22.9 Å². The third-order valence-corrected chi connectivity index (χ3v) is 4.60. The van der Waals surface area contributed by atoms with Crippen LogP contribution in [-0.4, -0.2) is 54.2 Å². The van der Waals surface area contributed by atoms with Crippen LogP contribution in [0.1, 0.15) is 17.9 Å². The van der Waals surface area contributed by atoms with E-state index in [1.807, 2.05) is 12.1 Å². The summed E-state index contributed by atoms with van der Waals surface area (Å²) in [5, 5.41) is 10.1. The summed E-state index contributed by atoms with van der Waals surface area (Å²) >= 11 is 7.34. The fourth-order valence-electron chi connectivity index (χ4n) is 2.13. The van der Waals surface area contributed by atoms with E-state index >= 15 is 0 Å². The third kappa shape index (κ3) is 3.66. The number of piperazine rings is 1.